The van der Waals surface area contributed by atoms with Crippen LogP contribution in [0.2, 0.25) is 0 Å². The molecule has 0 aromatic heterocycles. The lowest BCUT2D eigenvalue weighted by molar-refractivity contribution is -0.151. The first-order chi connectivity index (χ1) is 8.44. The summed E-state index contributed by atoms with van der Waals surface area (Å²) >= 11 is 0. The average Bonchev–Trinajstić information content (AvgIpc) is 2.75. The topological polar surface area (TPSA) is 66.8 Å². The third-order valence-corrected chi connectivity index (χ3v) is 3.76. The van der Waals surface area contributed by atoms with Crippen LogP contribution in [0.4, 0.5) is 0 Å². The molecule has 0 saturated carbocycles. The summed E-state index contributed by atoms with van der Waals surface area (Å²) in [6, 6.07) is 0. The van der Waals surface area contributed by atoms with E-state index >= 15 is 0 Å². The smallest absolute Gasteiger partial charge is 0.311 e. The van der Waals surface area contributed by atoms with Crippen LogP contribution < -0.4 is 0 Å². The van der Waals surface area contributed by atoms with Gasteiger partial charge in [-0.05, 0) is 18.8 Å². The Hall–Kier alpha value is -1.10. The molecule has 1 heterocycles. The third-order valence-electron chi connectivity index (χ3n) is 3.76. The van der Waals surface area contributed by atoms with E-state index in [2.05, 4.69) is 0 Å². The van der Waals surface area contributed by atoms with Crippen molar-refractivity contribution in [2.75, 3.05) is 26.3 Å². The lowest BCUT2D eigenvalue weighted by Gasteiger charge is -2.28. The molecule has 0 radical (unpaired) electrons. The van der Waals surface area contributed by atoms with Crippen molar-refractivity contribution < 1.29 is 19.4 Å². The van der Waals surface area contributed by atoms with Crippen LogP contribution in [0.1, 0.15) is 33.6 Å². The van der Waals surface area contributed by atoms with E-state index in [1.807, 2.05) is 20.8 Å². The molecule has 1 amide bonds. The van der Waals surface area contributed by atoms with Gasteiger partial charge in [0, 0.05) is 19.7 Å². The minimum atomic E-state index is -0.803. The van der Waals surface area contributed by atoms with Gasteiger partial charge in [0.15, 0.2) is 0 Å². The molecule has 5 nitrogen and oxygen atoms in total. The Kier molecular flexibility index (Phi) is 5.14. The first kappa shape index (κ1) is 15.0. The van der Waals surface area contributed by atoms with Crippen molar-refractivity contribution in [2.24, 2.45) is 11.3 Å². The molecule has 1 fully saturated rings. The molecule has 0 aliphatic carbocycles. The number of amides is 1. The van der Waals surface area contributed by atoms with Crippen LogP contribution in [0.5, 0.6) is 0 Å². The number of nitrogens with zero attached hydrogens (tertiary/aromatic N) is 1. The maximum absolute atomic E-state index is 11.9. The second kappa shape index (κ2) is 6.18. The number of hydrogen-bond donors (Lipinski definition) is 1. The van der Waals surface area contributed by atoms with Crippen molar-refractivity contribution in [3.05, 3.63) is 0 Å². The molecule has 1 aliphatic rings. The Labute approximate surface area is 108 Å². The Morgan fingerprint density at radius 2 is 2.11 bits per heavy atom. The van der Waals surface area contributed by atoms with Gasteiger partial charge in [-0.2, -0.15) is 0 Å². The number of hydrogen-bond acceptors (Lipinski definition) is 3. The fraction of sp³-hybridized carbons (Fsp3) is 0.846. The third kappa shape index (κ3) is 3.02. The van der Waals surface area contributed by atoms with Crippen molar-refractivity contribution in [3.8, 4) is 0 Å². The summed E-state index contributed by atoms with van der Waals surface area (Å²) in [4.78, 5) is 24.9. The highest BCUT2D eigenvalue weighted by Crippen LogP contribution is 2.38. The van der Waals surface area contributed by atoms with Crippen molar-refractivity contribution in [3.63, 3.8) is 0 Å². The number of aliphatic carboxylic acids is 1. The lowest BCUT2D eigenvalue weighted by Crippen LogP contribution is -2.41. The normalized spacial score (nSPS) is 23.7. The molecule has 0 aromatic rings. The van der Waals surface area contributed by atoms with Crippen LogP contribution in [0.3, 0.4) is 0 Å². The fourth-order valence-corrected chi connectivity index (χ4v) is 2.33. The van der Waals surface area contributed by atoms with Gasteiger partial charge in [0.1, 0.15) is 6.61 Å². The minimum absolute atomic E-state index is 0.0179. The zero-order chi connectivity index (χ0) is 13.8. The molecule has 18 heavy (non-hydrogen) atoms. The van der Waals surface area contributed by atoms with Crippen LogP contribution in [0.25, 0.3) is 0 Å². The molecule has 1 rings (SSSR count). The van der Waals surface area contributed by atoms with Crippen LogP contribution in [0, 0.1) is 11.3 Å². The highest BCUT2D eigenvalue weighted by Gasteiger charge is 2.48. The highest BCUT2D eigenvalue weighted by molar-refractivity contribution is 5.81. The molecule has 0 bridgehead atoms. The largest absolute Gasteiger partial charge is 0.481 e. The summed E-state index contributed by atoms with van der Waals surface area (Å²) in [5.74, 6) is -0.890. The molecule has 1 saturated heterocycles. The van der Waals surface area contributed by atoms with Gasteiger partial charge in [-0.1, -0.05) is 20.8 Å². The first-order valence-electron chi connectivity index (χ1n) is 6.53. The Bertz CT molecular complexity index is 316. The molecule has 0 aromatic carbocycles. The van der Waals surface area contributed by atoms with E-state index in [0.717, 1.165) is 6.42 Å². The molecule has 0 spiro atoms. The summed E-state index contributed by atoms with van der Waals surface area (Å²) < 4.78 is 5.21. The van der Waals surface area contributed by atoms with Gasteiger partial charge in [-0.25, -0.2) is 0 Å². The summed E-state index contributed by atoms with van der Waals surface area (Å²) in [5, 5.41) is 9.38. The van der Waals surface area contributed by atoms with E-state index < -0.39 is 11.4 Å². The average molecular weight is 257 g/mol. The monoisotopic (exact) mass is 257 g/mol. The summed E-state index contributed by atoms with van der Waals surface area (Å²) in [6.45, 7) is 7.21. The quantitative estimate of drug-likeness (QED) is 0.730. The zero-order valence-corrected chi connectivity index (χ0v) is 11.4. The predicted octanol–water partition coefficient (Wildman–Crippen LogP) is 1.37. The molecule has 5 heteroatoms. The molecule has 1 aliphatic heterocycles. The van der Waals surface area contributed by atoms with E-state index in [1.165, 1.54) is 0 Å². The minimum Gasteiger partial charge on any atom is -0.481 e. The van der Waals surface area contributed by atoms with Crippen molar-refractivity contribution in [1.82, 2.24) is 4.90 Å². The Balaban J connectivity index is 2.58. The number of ether oxygens (including phenoxy) is 1. The van der Waals surface area contributed by atoms with E-state index in [4.69, 9.17) is 4.74 Å². The maximum atomic E-state index is 11.9. The van der Waals surface area contributed by atoms with Crippen LogP contribution in [-0.4, -0.2) is 48.2 Å². The maximum Gasteiger partial charge on any atom is 0.311 e. The molecule has 1 N–H and O–H groups in total. The number of carbonyl (C=O) groups is 2. The standard InChI is InChI=1S/C13H23NO4/c1-4-7-18-8-11(15)14-6-5-13(9-14,10(2)3)12(16)17/h10H,4-9H2,1-3H3,(H,16,17). The van der Waals surface area contributed by atoms with Gasteiger partial charge in [0.2, 0.25) is 5.91 Å². The van der Waals surface area contributed by atoms with Gasteiger partial charge < -0.3 is 14.7 Å². The number of likely N-dealkylation sites (tertiary alicyclic amines) is 1. The van der Waals surface area contributed by atoms with Crippen molar-refractivity contribution in [2.45, 2.75) is 33.6 Å². The van der Waals surface area contributed by atoms with Crippen LogP contribution in [0.15, 0.2) is 0 Å². The predicted molar refractivity (Wildman–Crippen MR) is 67.2 cm³/mol. The molecular weight excluding hydrogens is 234 g/mol. The molecule has 1 unspecified atom stereocenters. The Morgan fingerprint density at radius 1 is 1.44 bits per heavy atom. The second-order valence-corrected chi connectivity index (χ2v) is 5.23. The fourth-order valence-electron chi connectivity index (χ4n) is 2.33. The van der Waals surface area contributed by atoms with Gasteiger partial charge in [0.05, 0.1) is 5.41 Å². The lowest BCUT2D eigenvalue weighted by atomic mass is 9.76. The SMILES string of the molecule is CCCOCC(=O)N1CCC(C(=O)O)(C(C)C)C1. The Morgan fingerprint density at radius 3 is 2.56 bits per heavy atom. The van der Waals surface area contributed by atoms with Gasteiger partial charge in [0.25, 0.3) is 0 Å². The van der Waals surface area contributed by atoms with Crippen LogP contribution in [-0.2, 0) is 14.3 Å². The van der Waals surface area contributed by atoms with Gasteiger partial charge in [-0.15, -0.1) is 0 Å². The molecule has 104 valence electrons. The summed E-state index contributed by atoms with van der Waals surface area (Å²) in [5.41, 5.74) is -0.791. The number of carboxylic acid groups (broad SMARTS) is 1. The number of rotatable bonds is 6. The second-order valence-electron chi connectivity index (χ2n) is 5.23. The van der Waals surface area contributed by atoms with Crippen LogP contribution >= 0.6 is 0 Å². The number of carboxylic acids is 1. The van der Waals surface area contributed by atoms with E-state index in [0.29, 0.717) is 26.1 Å². The van der Waals surface area contributed by atoms with E-state index in [1.54, 1.807) is 4.90 Å². The number of carbonyl (C=O) groups excluding carboxylic acids is 1. The van der Waals surface area contributed by atoms with Gasteiger partial charge in [-0.3, -0.25) is 9.59 Å². The van der Waals surface area contributed by atoms with Crippen molar-refractivity contribution in [1.29, 1.82) is 0 Å². The molecular formula is C13H23NO4. The first-order valence-corrected chi connectivity index (χ1v) is 6.53. The zero-order valence-electron chi connectivity index (χ0n) is 11.4. The van der Waals surface area contributed by atoms with Gasteiger partial charge >= 0.3 is 5.97 Å². The summed E-state index contributed by atoms with van der Waals surface area (Å²) in [6.07, 6.45) is 1.40. The summed E-state index contributed by atoms with van der Waals surface area (Å²) in [7, 11) is 0. The van der Waals surface area contributed by atoms with Crippen molar-refractivity contribution >= 4 is 11.9 Å². The highest BCUT2D eigenvalue weighted by atomic mass is 16.5. The molecule has 1 atom stereocenters. The van der Waals surface area contributed by atoms with E-state index in [-0.39, 0.29) is 18.4 Å². The van der Waals surface area contributed by atoms with E-state index in [9.17, 15) is 14.7 Å².